The van der Waals surface area contributed by atoms with Gasteiger partial charge in [0.15, 0.2) is 0 Å². The lowest BCUT2D eigenvalue weighted by atomic mass is 10.00. The molecule has 250 valence electrons. The quantitative estimate of drug-likeness (QED) is 0.131. The molecular weight excluding hydrogens is 606 g/mol. The third-order valence-electron chi connectivity index (χ3n) is 9.67. The number of nitrogens with two attached hydrogens (primary N) is 1. The largest absolute Gasteiger partial charge is 0.494 e. The zero-order chi connectivity index (χ0) is 33.7. The fourth-order valence-electron chi connectivity index (χ4n) is 7.50. The van der Waals surface area contributed by atoms with Gasteiger partial charge >= 0.3 is 5.97 Å². The van der Waals surface area contributed by atoms with Crippen LogP contribution in [0.2, 0.25) is 0 Å². The molecule has 0 spiro atoms. The van der Waals surface area contributed by atoms with Crippen LogP contribution in [0.15, 0.2) is 61.4 Å². The van der Waals surface area contributed by atoms with Crippen LogP contribution in [0.25, 0.3) is 22.2 Å². The van der Waals surface area contributed by atoms with Crippen LogP contribution < -0.4 is 26.0 Å². The molecule has 7 rings (SSSR count). The Morgan fingerprint density at radius 3 is 2.52 bits per heavy atom. The molecular formula is C37H43N7O4. The molecule has 1 aliphatic heterocycles. The first kappa shape index (κ1) is 31.7. The Kier molecular flexibility index (Phi) is 8.11. The van der Waals surface area contributed by atoms with Gasteiger partial charge in [0.05, 0.1) is 36.0 Å². The third kappa shape index (κ3) is 6.10. The highest BCUT2D eigenvalue weighted by atomic mass is 16.5. The molecule has 2 saturated carbocycles. The highest BCUT2D eigenvalue weighted by Gasteiger charge is 2.45. The number of fused-ring (bicyclic) bond motifs is 2. The molecule has 11 nitrogen and oxygen atoms in total. The molecule has 2 aromatic carbocycles. The van der Waals surface area contributed by atoms with Crippen LogP contribution in [0.3, 0.4) is 0 Å². The van der Waals surface area contributed by atoms with Crippen LogP contribution in [0.4, 0.5) is 23.0 Å². The lowest BCUT2D eigenvalue weighted by Gasteiger charge is -2.27. The predicted octanol–water partition coefficient (Wildman–Crippen LogP) is 6.44. The van der Waals surface area contributed by atoms with E-state index in [0.29, 0.717) is 40.7 Å². The molecule has 3 heterocycles. The number of hydrogen-bond acceptors (Lipinski definition) is 9. The first-order valence-corrected chi connectivity index (χ1v) is 16.7. The Morgan fingerprint density at radius 1 is 1.12 bits per heavy atom. The number of para-hydroxylation sites is 1. The van der Waals surface area contributed by atoms with Gasteiger partial charge in [-0.2, -0.15) is 0 Å². The fourth-order valence-corrected chi connectivity index (χ4v) is 7.50. The van der Waals surface area contributed by atoms with Crippen LogP contribution in [0.1, 0.15) is 62.9 Å². The van der Waals surface area contributed by atoms with E-state index in [1.165, 1.54) is 12.3 Å². The van der Waals surface area contributed by atoms with Gasteiger partial charge in [0.1, 0.15) is 11.3 Å². The van der Waals surface area contributed by atoms with Gasteiger partial charge in [0, 0.05) is 59.6 Å². The smallest absolute Gasteiger partial charge is 0.342 e. The second-order valence-corrected chi connectivity index (χ2v) is 14.0. The van der Waals surface area contributed by atoms with Gasteiger partial charge in [-0.15, -0.1) is 0 Å². The van der Waals surface area contributed by atoms with Crippen molar-refractivity contribution in [1.82, 2.24) is 14.5 Å². The minimum absolute atomic E-state index is 0.139. The van der Waals surface area contributed by atoms with Gasteiger partial charge in [-0.05, 0) is 76.5 Å². The first-order chi connectivity index (χ1) is 23.0. The number of nitrogens with zero attached hydrogens (tertiary/aromatic N) is 4. The number of esters is 1. The van der Waals surface area contributed by atoms with Crippen molar-refractivity contribution in [2.75, 3.05) is 35.7 Å². The summed E-state index contributed by atoms with van der Waals surface area (Å²) in [6, 6.07) is 12.3. The number of benzene rings is 2. The first-order valence-electron chi connectivity index (χ1n) is 16.7. The van der Waals surface area contributed by atoms with Gasteiger partial charge in [0.25, 0.3) is 0 Å². The van der Waals surface area contributed by atoms with Crippen molar-refractivity contribution in [3.8, 4) is 17.0 Å². The summed E-state index contributed by atoms with van der Waals surface area (Å²) in [7, 11) is 1.61. The highest BCUT2D eigenvalue weighted by Crippen LogP contribution is 2.47. The van der Waals surface area contributed by atoms with Crippen molar-refractivity contribution in [2.24, 2.45) is 17.6 Å². The summed E-state index contributed by atoms with van der Waals surface area (Å²) in [5.74, 6) is 0.993. The van der Waals surface area contributed by atoms with E-state index >= 15 is 0 Å². The van der Waals surface area contributed by atoms with Gasteiger partial charge in [-0.3, -0.25) is 4.79 Å². The number of hydrogen-bond donors (Lipinski definition) is 3. The number of anilines is 4. The summed E-state index contributed by atoms with van der Waals surface area (Å²) in [6.07, 6.45) is 8.70. The maximum atomic E-state index is 13.3. The molecule has 0 bridgehead atoms. The second kappa shape index (κ2) is 12.3. The van der Waals surface area contributed by atoms with E-state index < -0.39 is 5.97 Å². The van der Waals surface area contributed by atoms with Crippen LogP contribution in [0.5, 0.6) is 5.75 Å². The molecule has 11 heteroatoms. The zero-order valence-corrected chi connectivity index (χ0v) is 28.0. The zero-order valence-electron chi connectivity index (χ0n) is 28.0. The monoisotopic (exact) mass is 649 g/mol. The molecule has 4 aromatic rings. The SMILES string of the molecule is C=CC(=O)Nc1cc(Nc2ncc(C(=O)OC(C)C)c(-c3cn(C4CC4)c4ccccc34)n2)c(OC)cc1N1CC2CC(C)(N)CC2C1. The summed E-state index contributed by atoms with van der Waals surface area (Å²) < 4.78 is 13.8. The Labute approximate surface area is 280 Å². The van der Waals surface area contributed by atoms with Crippen molar-refractivity contribution in [2.45, 2.75) is 64.1 Å². The second-order valence-electron chi connectivity index (χ2n) is 14.0. The number of nitrogens with one attached hydrogen (secondary N) is 2. The molecule has 2 unspecified atom stereocenters. The minimum Gasteiger partial charge on any atom is -0.494 e. The van der Waals surface area contributed by atoms with Gasteiger partial charge in [0.2, 0.25) is 11.9 Å². The Balaban J connectivity index is 1.28. The maximum absolute atomic E-state index is 13.3. The number of aromatic nitrogens is 3. The Bertz CT molecular complexity index is 1900. The van der Waals surface area contributed by atoms with Gasteiger partial charge in [-0.25, -0.2) is 14.8 Å². The van der Waals surface area contributed by atoms with Crippen molar-refractivity contribution in [3.63, 3.8) is 0 Å². The molecule has 2 aromatic heterocycles. The molecule has 2 aliphatic carbocycles. The van der Waals surface area contributed by atoms with Crippen molar-refractivity contribution >= 4 is 45.8 Å². The van der Waals surface area contributed by atoms with Gasteiger partial charge in [-0.1, -0.05) is 24.8 Å². The van der Waals surface area contributed by atoms with Crippen molar-refractivity contribution in [3.05, 3.63) is 67.0 Å². The summed E-state index contributed by atoms with van der Waals surface area (Å²) in [6.45, 7) is 11.1. The normalized spacial score (nSPS) is 21.8. The summed E-state index contributed by atoms with van der Waals surface area (Å²) >= 11 is 0. The van der Waals surface area contributed by atoms with E-state index in [0.717, 1.165) is 60.9 Å². The molecule has 1 saturated heterocycles. The molecule has 2 atom stereocenters. The van der Waals surface area contributed by atoms with E-state index in [1.807, 2.05) is 44.2 Å². The van der Waals surface area contributed by atoms with Crippen LogP contribution in [-0.4, -0.2) is 58.3 Å². The number of carbonyl (C=O) groups is 2. The molecule has 1 amide bonds. The Morgan fingerprint density at radius 2 is 1.85 bits per heavy atom. The van der Waals surface area contributed by atoms with E-state index in [9.17, 15) is 9.59 Å². The minimum atomic E-state index is -0.489. The molecule has 3 aliphatic rings. The molecule has 3 fully saturated rings. The summed E-state index contributed by atoms with van der Waals surface area (Å²) in [5, 5.41) is 7.30. The maximum Gasteiger partial charge on any atom is 0.342 e. The molecule has 4 N–H and O–H groups in total. The number of carbonyl (C=O) groups excluding carboxylic acids is 2. The van der Waals surface area contributed by atoms with Crippen LogP contribution >= 0.6 is 0 Å². The van der Waals surface area contributed by atoms with Crippen LogP contribution in [0, 0.1) is 11.8 Å². The summed E-state index contributed by atoms with van der Waals surface area (Å²) in [5.41, 5.74) is 11.1. The van der Waals surface area contributed by atoms with Crippen LogP contribution in [-0.2, 0) is 9.53 Å². The number of rotatable bonds is 10. The fraction of sp³-hybridized carbons (Fsp3) is 0.405. The van der Waals surface area contributed by atoms with E-state index in [1.54, 1.807) is 7.11 Å². The highest BCUT2D eigenvalue weighted by molar-refractivity contribution is 6.04. The topological polar surface area (TPSA) is 137 Å². The van der Waals surface area contributed by atoms with Crippen molar-refractivity contribution < 1.29 is 19.1 Å². The third-order valence-corrected chi connectivity index (χ3v) is 9.67. The van der Waals surface area contributed by atoms with Crippen molar-refractivity contribution in [1.29, 1.82) is 0 Å². The van der Waals surface area contributed by atoms with E-state index in [-0.39, 0.29) is 29.1 Å². The number of methoxy groups -OCH3 is 1. The van der Waals surface area contributed by atoms with E-state index in [4.69, 9.17) is 20.2 Å². The number of amides is 1. The lowest BCUT2D eigenvalue weighted by molar-refractivity contribution is -0.111. The molecule has 0 radical (unpaired) electrons. The lowest BCUT2D eigenvalue weighted by Crippen LogP contribution is -2.35. The Hall–Kier alpha value is -4.90. The van der Waals surface area contributed by atoms with Gasteiger partial charge < -0.3 is 35.3 Å². The van der Waals surface area contributed by atoms with E-state index in [2.05, 4.69) is 50.9 Å². The number of ether oxygens (including phenoxy) is 2. The average molecular weight is 650 g/mol. The average Bonchev–Trinajstić information content (AvgIpc) is 3.62. The summed E-state index contributed by atoms with van der Waals surface area (Å²) in [4.78, 5) is 37.7. The standard InChI is InChI=1S/C37H43N7O4/c1-6-33(45)40-28-13-29(32(47-5)14-31(28)43-18-22-15-37(4,38)16-23(22)19-43)41-36-39-17-26(35(46)48-21(2)3)34(42-36)27-20-44(24-11-12-24)30-10-8-7-9-25(27)30/h6-10,13-14,17,20-24H,1,11-12,15-16,18-19,38H2,2-5H3,(H,40,45)(H,39,41,42). The predicted molar refractivity (Wildman–Crippen MR) is 188 cm³/mol. The molecule has 48 heavy (non-hydrogen) atoms.